The molecule has 4 heteroatoms. The minimum atomic E-state index is 0.0867. The number of aromatic nitrogens is 2. The maximum atomic E-state index is 5.75. The number of aryl methyl sites for hydroxylation is 3. The smallest absolute Gasteiger partial charge is 0.0669 e. The molecule has 0 aliphatic heterocycles. The number of nitrogens with zero attached hydrogens (tertiary/aromatic N) is 2. The predicted octanol–water partition coefficient (Wildman–Crippen LogP) is 2.52. The number of hydrogen-bond acceptors (Lipinski definition) is 3. The van der Waals surface area contributed by atoms with Gasteiger partial charge in [0.25, 0.3) is 0 Å². The molecule has 1 heterocycles. The van der Waals surface area contributed by atoms with Gasteiger partial charge in [0.05, 0.1) is 17.4 Å². The summed E-state index contributed by atoms with van der Waals surface area (Å²) in [6.45, 7) is 7.14. The fourth-order valence-electron chi connectivity index (χ4n) is 2.49. The normalized spacial score (nSPS) is 12.6. The summed E-state index contributed by atoms with van der Waals surface area (Å²) in [4.78, 5) is 0. The first-order valence-corrected chi connectivity index (χ1v) is 7.26. The zero-order chi connectivity index (χ0) is 14.5. The van der Waals surface area contributed by atoms with Gasteiger partial charge in [-0.05, 0) is 43.9 Å². The molecule has 1 aromatic heterocycles. The number of nitrogens with two attached hydrogens (primary N) is 1. The molecule has 0 amide bonds. The SMILES string of the molecule is CCc1ccc(CC(NN)c2cc(C)nn2CC)cc1. The highest BCUT2D eigenvalue weighted by Crippen LogP contribution is 2.19. The van der Waals surface area contributed by atoms with Crippen molar-refractivity contribution in [2.45, 2.75) is 46.2 Å². The first-order chi connectivity index (χ1) is 9.67. The van der Waals surface area contributed by atoms with Crippen molar-refractivity contribution >= 4 is 0 Å². The summed E-state index contributed by atoms with van der Waals surface area (Å²) in [5.41, 5.74) is 7.74. The molecule has 3 N–H and O–H groups in total. The van der Waals surface area contributed by atoms with Crippen molar-refractivity contribution in [3.8, 4) is 0 Å². The Morgan fingerprint density at radius 1 is 1.20 bits per heavy atom. The Morgan fingerprint density at radius 3 is 2.40 bits per heavy atom. The summed E-state index contributed by atoms with van der Waals surface area (Å²) in [5.74, 6) is 5.75. The lowest BCUT2D eigenvalue weighted by Gasteiger charge is -2.17. The van der Waals surface area contributed by atoms with Gasteiger partial charge in [0, 0.05) is 6.54 Å². The first kappa shape index (κ1) is 14.8. The quantitative estimate of drug-likeness (QED) is 0.627. The van der Waals surface area contributed by atoms with Gasteiger partial charge in [-0.25, -0.2) is 0 Å². The van der Waals surface area contributed by atoms with E-state index in [-0.39, 0.29) is 6.04 Å². The van der Waals surface area contributed by atoms with Crippen molar-refractivity contribution in [2.75, 3.05) is 0 Å². The zero-order valence-corrected chi connectivity index (χ0v) is 12.6. The second-order valence-corrected chi connectivity index (χ2v) is 5.12. The molecule has 108 valence electrons. The molecule has 20 heavy (non-hydrogen) atoms. The molecule has 0 fully saturated rings. The largest absolute Gasteiger partial charge is 0.271 e. The van der Waals surface area contributed by atoms with E-state index >= 15 is 0 Å². The minimum absolute atomic E-state index is 0.0867. The third-order valence-electron chi connectivity index (χ3n) is 3.66. The number of hydrazine groups is 1. The summed E-state index contributed by atoms with van der Waals surface area (Å²) >= 11 is 0. The van der Waals surface area contributed by atoms with Crippen LogP contribution in [-0.2, 0) is 19.4 Å². The van der Waals surface area contributed by atoms with Gasteiger partial charge in [0.15, 0.2) is 0 Å². The van der Waals surface area contributed by atoms with Crippen LogP contribution in [0.5, 0.6) is 0 Å². The molecule has 0 aliphatic rings. The molecular weight excluding hydrogens is 248 g/mol. The average Bonchev–Trinajstić information content (AvgIpc) is 2.86. The molecule has 0 saturated carbocycles. The third-order valence-corrected chi connectivity index (χ3v) is 3.66. The Labute approximate surface area is 121 Å². The van der Waals surface area contributed by atoms with Gasteiger partial charge in [-0.15, -0.1) is 0 Å². The monoisotopic (exact) mass is 272 g/mol. The van der Waals surface area contributed by atoms with Crippen LogP contribution in [0.1, 0.15) is 42.4 Å². The van der Waals surface area contributed by atoms with E-state index in [0.717, 1.165) is 30.8 Å². The molecule has 1 aromatic carbocycles. The van der Waals surface area contributed by atoms with Crippen LogP contribution in [0.3, 0.4) is 0 Å². The van der Waals surface area contributed by atoms with E-state index in [9.17, 15) is 0 Å². The molecule has 1 unspecified atom stereocenters. The zero-order valence-electron chi connectivity index (χ0n) is 12.6. The van der Waals surface area contributed by atoms with Crippen molar-refractivity contribution in [3.05, 3.63) is 52.8 Å². The minimum Gasteiger partial charge on any atom is -0.271 e. The predicted molar refractivity (Wildman–Crippen MR) is 82.2 cm³/mol. The summed E-state index contributed by atoms with van der Waals surface area (Å²) < 4.78 is 2.01. The molecule has 0 radical (unpaired) electrons. The van der Waals surface area contributed by atoms with E-state index in [0.29, 0.717) is 0 Å². The Kier molecular flexibility index (Phi) is 4.93. The van der Waals surface area contributed by atoms with Crippen molar-refractivity contribution < 1.29 is 0 Å². The highest BCUT2D eigenvalue weighted by molar-refractivity contribution is 5.25. The van der Waals surface area contributed by atoms with E-state index in [4.69, 9.17) is 5.84 Å². The highest BCUT2D eigenvalue weighted by Gasteiger charge is 2.16. The van der Waals surface area contributed by atoms with Crippen LogP contribution < -0.4 is 11.3 Å². The average molecular weight is 272 g/mol. The van der Waals surface area contributed by atoms with Gasteiger partial charge in [-0.3, -0.25) is 16.0 Å². The van der Waals surface area contributed by atoms with Gasteiger partial charge >= 0.3 is 0 Å². The molecule has 4 nitrogen and oxygen atoms in total. The molecule has 0 spiro atoms. The van der Waals surface area contributed by atoms with E-state index < -0.39 is 0 Å². The van der Waals surface area contributed by atoms with Crippen molar-refractivity contribution in [3.63, 3.8) is 0 Å². The van der Waals surface area contributed by atoms with Crippen LogP contribution in [0.25, 0.3) is 0 Å². The fraction of sp³-hybridized carbons (Fsp3) is 0.438. The van der Waals surface area contributed by atoms with Crippen LogP contribution >= 0.6 is 0 Å². The standard InChI is InChI=1S/C16H24N4/c1-4-13-6-8-14(9-7-13)11-15(18-17)16-10-12(3)19-20(16)5-2/h6-10,15,18H,4-5,11,17H2,1-3H3. The van der Waals surface area contributed by atoms with Gasteiger partial charge < -0.3 is 0 Å². The number of benzene rings is 1. The maximum absolute atomic E-state index is 5.75. The molecular formula is C16H24N4. The topological polar surface area (TPSA) is 55.9 Å². The van der Waals surface area contributed by atoms with E-state index in [1.54, 1.807) is 0 Å². The van der Waals surface area contributed by atoms with Crippen LogP contribution in [0.2, 0.25) is 0 Å². The Balaban J connectivity index is 2.19. The molecule has 2 rings (SSSR count). The summed E-state index contributed by atoms with van der Waals surface area (Å²) in [5, 5.41) is 4.49. The third kappa shape index (κ3) is 3.26. The Morgan fingerprint density at radius 2 is 1.85 bits per heavy atom. The highest BCUT2D eigenvalue weighted by atomic mass is 15.3. The lowest BCUT2D eigenvalue weighted by atomic mass is 10.0. The van der Waals surface area contributed by atoms with Crippen molar-refractivity contribution in [2.24, 2.45) is 5.84 Å². The molecule has 0 aliphatic carbocycles. The molecule has 2 aromatic rings. The lowest BCUT2D eigenvalue weighted by molar-refractivity contribution is 0.490. The fourth-order valence-corrected chi connectivity index (χ4v) is 2.49. The number of nitrogens with one attached hydrogen (secondary N) is 1. The van der Waals surface area contributed by atoms with Gasteiger partial charge in [-0.2, -0.15) is 5.10 Å². The number of hydrogen-bond donors (Lipinski definition) is 2. The van der Waals surface area contributed by atoms with E-state index in [1.165, 1.54) is 11.1 Å². The maximum Gasteiger partial charge on any atom is 0.0669 e. The summed E-state index contributed by atoms with van der Waals surface area (Å²) in [6, 6.07) is 10.9. The van der Waals surface area contributed by atoms with Crippen molar-refractivity contribution in [1.82, 2.24) is 15.2 Å². The van der Waals surface area contributed by atoms with Crippen LogP contribution in [0, 0.1) is 6.92 Å². The van der Waals surface area contributed by atoms with Crippen molar-refractivity contribution in [1.29, 1.82) is 0 Å². The van der Waals surface area contributed by atoms with Gasteiger partial charge in [-0.1, -0.05) is 31.2 Å². The summed E-state index contributed by atoms with van der Waals surface area (Å²) in [7, 11) is 0. The van der Waals surface area contributed by atoms with E-state index in [1.807, 2.05) is 11.6 Å². The van der Waals surface area contributed by atoms with Gasteiger partial charge in [0.1, 0.15) is 0 Å². The number of rotatable bonds is 6. The second kappa shape index (κ2) is 6.68. The van der Waals surface area contributed by atoms with E-state index in [2.05, 4.69) is 54.7 Å². The molecule has 0 saturated heterocycles. The summed E-state index contributed by atoms with van der Waals surface area (Å²) in [6.07, 6.45) is 1.94. The second-order valence-electron chi connectivity index (χ2n) is 5.12. The Bertz CT molecular complexity index is 542. The van der Waals surface area contributed by atoms with Crippen LogP contribution in [0.15, 0.2) is 30.3 Å². The van der Waals surface area contributed by atoms with Crippen LogP contribution in [0.4, 0.5) is 0 Å². The first-order valence-electron chi connectivity index (χ1n) is 7.26. The van der Waals surface area contributed by atoms with Crippen LogP contribution in [-0.4, -0.2) is 9.78 Å². The Hall–Kier alpha value is -1.65. The van der Waals surface area contributed by atoms with Gasteiger partial charge in [0.2, 0.25) is 0 Å². The molecule has 1 atom stereocenters. The molecule has 0 bridgehead atoms. The lowest BCUT2D eigenvalue weighted by Crippen LogP contribution is -2.31.